The maximum absolute atomic E-state index is 10.2. The summed E-state index contributed by atoms with van der Waals surface area (Å²) in [6.45, 7) is 2.45. The zero-order chi connectivity index (χ0) is 12.2. The Kier molecular flexibility index (Phi) is 10.2. The molecular weight excluding hydrogens is 232 g/mol. The summed E-state index contributed by atoms with van der Waals surface area (Å²) in [6, 6.07) is 0. The molecule has 0 spiro atoms. The SMILES string of the molecule is COCCOCCCNC(=C[N+](=O)[O-])SC. The Morgan fingerprint density at radius 2 is 2.25 bits per heavy atom. The van der Waals surface area contributed by atoms with Crippen LogP contribution >= 0.6 is 11.8 Å². The normalized spacial score (nSPS) is 11.5. The number of rotatable bonds is 10. The quantitative estimate of drug-likeness (QED) is 0.355. The summed E-state index contributed by atoms with van der Waals surface area (Å²) >= 11 is 1.32. The Hall–Kier alpha value is -0.790. The highest BCUT2D eigenvalue weighted by molar-refractivity contribution is 8.02. The molecule has 0 aliphatic heterocycles. The molecule has 0 saturated carbocycles. The largest absolute Gasteiger partial charge is 0.382 e. The first kappa shape index (κ1) is 15.2. The molecule has 1 N–H and O–H groups in total. The summed E-state index contributed by atoms with van der Waals surface area (Å²) in [7, 11) is 1.62. The molecule has 0 aromatic heterocycles. The number of nitro groups is 1. The van der Waals surface area contributed by atoms with Crippen LogP contribution < -0.4 is 5.32 Å². The van der Waals surface area contributed by atoms with Crippen molar-refractivity contribution in [1.29, 1.82) is 0 Å². The van der Waals surface area contributed by atoms with Gasteiger partial charge in [-0.25, -0.2) is 0 Å². The second-order valence-electron chi connectivity index (χ2n) is 2.87. The number of hydrogen-bond donors (Lipinski definition) is 1. The Labute approximate surface area is 99.5 Å². The molecule has 0 aliphatic rings. The summed E-state index contributed by atoms with van der Waals surface area (Å²) in [5, 5.41) is 13.7. The Morgan fingerprint density at radius 3 is 2.81 bits per heavy atom. The fourth-order valence-corrected chi connectivity index (χ4v) is 1.33. The molecule has 0 heterocycles. The minimum atomic E-state index is -0.464. The van der Waals surface area contributed by atoms with E-state index in [1.165, 1.54) is 11.8 Å². The molecule has 0 atom stereocenters. The first-order valence-corrected chi connectivity index (χ1v) is 6.13. The van der Waals surface area contributed by atoms with E-state index in [9.17, 15) is 10.1 Å². The van der Waals surface area contributed by atoms with Crippen molar-refractivity contribution in [2.45, 2.75) is 6.42 Å². The molecule has 6 nitrogen and oxygen atoms in total. The number of nitrogens with one attached hydrogen (secondary N) is 1. The van der Waals surface area contributed by atoms with Gasteiger partial charge in [0.25, 0.3) is 6.20 Å². The third-order valence-corrected chi connectivity index (χ3v) is 2.33. The minimum Gasteiger partial charge on any atom is -0.382 e. The number of ether oxygens (including phenoxy) is 2. The van der Waals surface area contributed by atoms with Crippen LogP contribution in [-0.2, 0) is 9.47 Å². The molecular formula is C9H18N2O4S. The van der Waals surface area contributed by atoms with Crippen LogP contribution in [0.3, 0.4) is 0 Å². The van der Waals surface area contributed by atoms with Gasteiger partial charge in [0.15, 0.2) is 0 Å². The molecule has 0 amide bonds. The van der Waals surface area contributed by atoms with Gasteiger partial charge in [-0.1, -0.05) is 0 Å². The van der Waals surface area contributed by atoms with Gasteiger partial charge in [-0.2, -0.15) is 0 Å². The van der Waals surface area contributed by atoms with Crippen LogP contribution in [0.2, 0.25) is 0 Å². The second kappa shape index (κ2) is 10.7. The lowest BCUT2D eigenvalue weighted by atomic mass is 10.4. The first-order chi connectivity index (χ1) is 7.70. The molecule has 0 fully saturated rings. The fraction of sp³-hybridized carbons (Fsp3) is 0.778. The van der Waals surface area contributed by atoms with Crippen molar-refractivity contribution in [2.24, 2.45) is 0 Å². The van der Waals surface area contributed by atoms with Crippen LogP contribution in [0.25, 0.3) is 0 Å². The zero-order valence-corrected chi connectivity index (χ0v) is 10.4. The van der Waals surface area contributed by atoms with Crippen molar-refractivity contribution in [3.63, 3.8) is 0 Å². The average molecular weight is 250 g/mol. The van der Waals surface area contributed by atoms with Gasteiger partial charge < -0.3 is 14.8 Å². The lowest BCUT2D eigenvalue weighted by Gasteiger charge is -2.06. The highest BCUT2D eigenvalue weighted by Gasteiger charge is 1.99. The number of hydrogen-bond acceptors (Lipinski definition) is 6. The van der Waals surface area contributed by atoms with Gasteiger partial charge in [0.1, 0.15) is 5.03 Å². The number of methoxy groups -OCH3 is 1. The second-order valence-corrected chi connectivity index (χ2v) is 3.72. The fourth-order valence-electron chi connectivity index (χ4n) is 0.896. The molecule has 0 aromatic rings. The van der Waals surface area contributed by atoms with Crippen LogP contribution in [0.15, 0.2) is 11.2 Å². The molecule has 16 heavy (non-hydrogen) atoms. The minimum absolute atomic E-state index is 0.464. The van der Waals surface area contributed by atoms with Gasteiger partial charge in [0, 0.05) is 20.3 Å². The zero-order valence-electron chi connectivity index (χ0n) is 9.60. The van der Waals surface area contributed by atoms with Crippen LogP contribution in [0.5, 0.6) is 0 Å². The van der Waals surface area contributed by atoms with E-state index in [2.05, 4.69) is 5.32 Å². The van der Waals surface area contributed by atoms with Gasteiger partial charge >= 0.3 is 0 Å². The van der Waals surface area contributed by atoms with E-state index in [1.54, 1.807) is 13.4 Å². The Balaban J connectivity index is 3.45. The van der Waals surface area contributed by atoms with Crippen LogP contribution in [0, 0.1) is 10.1 Å². The van der Waals surface area contributed by atoms with Gasteiger partial charge in [0.2, 0.25) is 0 Å². The smallest absolute Gasteiger partial charge is 0.263 e. The van der Waals surface area contributed by atoms with E-state index in [0.29, 0.717) is 31.4 Å². The molecule has 0 aromatic carbocycles. The molecule has 0 rings (SSSR count). The van der Waals surface area contributed by atoms with Crippen molar-refractivity contribution >= 4 is 11.8 Å². The maximum Gasteiger partial charge on any atom is 0.263 e. The monoisotopic (exact) mass is 250 g/mol. The highest BCUT2D eigenvalue weighted by Crippen LogP contribution is 2.06. The number of thioether (sulfide) groups is 1. The standard InChI is InChI=1S/C9H18N2O4S/c1-14-6-7-15-5-3-4-10-9(16-2)8-11(12)13/h8,10H,3-7H2,1-2H3. The summed E-state index contributed by atoms with van der Waals surface area (Å²) in [5.74, 6) is 0. The summed E-state index contributed by atoms with van der Waals surface area (Å²) < 4.78 is 10.1. The average Bonchev–Trinajstić information content (AvgIpc) is 2.25. The maximum atomic E-state index is 10.2. The lowest BCUT2D eigenvalue weighted by molar-refractivity contribution is -0.403. The third kappa shape index (κ3) is 9.75. The predicted octanol–water partition coefficient (Wildman–Crippen LogP) is 1.07. The van der Waals surface area contributed by atoms with Crippen molar-refractivity contribution < 1.29 is 14.4 Å². The van der Waals surface area contributed by atoms with Gasteiger partial charge in [0.05, 0.1) is 18.1 Å². The lowest BCUT2D eigenvalue weighted by Crippen LogP contribution is -2.16. The van der Waals surface area contributed by atoms with E-state index in [-0.39, 0.29) is 0 Å². The Morgan fingerprint density at radius 1 is 1.50 bits per heavy atom. The van der Waals surface area contributed by atoms with E-state index in [1.807, 2.05) is 0 Å². The van der Waals surface area contributed by atoms with Gasteiger partial charge in [-0.3, -0.25) is 10.1 Å². The topological polar surface area (TPSA) is 73.6 Å². The van der Waals surface area contributed by atoms with E-state index in [4.69, 9.17) is 9.47 Å². The molecule has 7 heteroatoms. The summed E-state index contributed by atoms with van der Waals surface area (Å²) in [4.78, 5) is 9.75. The van der Waals surface area contributed by atoms with E-state index < -0.39 is 4.92 Å². The molecule has 0 saturated heterocycles. The Bertz CT molecular complexity index is 224. The molecule has 0 bridgehead atoms. The molecule has 0 unspecified atom stereocenters. The van der Waals surface area contributed by atoms with Crippen molar-refractivity contribution in [3.05, 3.63) is 21.3 Å². The number of nitrogens with zero attached hydrogens (tertiary/aromatic N) is 1. The van der Waals surface area contributed by atoms with Crippen LogP contribution in [0.1, 0.15) is 6.42 Å². The molecule has 0 radical (unpaired) electrons. The van der Waals surface area contributed by atoms with E-state index in [0.717, 1.165) is 12.6 Å². The molecule has 0 aliphatic carbocycles. The van der Waals surface area contributed by atoms with Gasteiger partial charge in [-0.15, -0.1) is 11.8 Å². The van der Waals surface area contributed by atoms with E-state index >= 15 is 0 Å². The van der Waals surface area contributed by atoms with Crippen molar-refractivity contribution in [1.82, 2.24) is 5.32 Å². The first-order valence-electron chi connectivity index (χ1n) is 4.90. The highest BCUT2D eigenvalue weighted by atomic mass is 32.2. The van der Waals surface area contributed by atoms with Crippen LogP contribution in [0.4, 0.5) is 0 Å². The molecule has 94 valence electrons. The van der Waals surface area contributed by atoms with Crippen molar-refractivity contribution in [2.75, 3.05) is 39.7 Å². The summed E-state index contributed by atoms with van der Waals surface area (Å²) in [6.07, 6.45) is 3.56. The predicted molar refractivity (Wildman–Crippen MR) is 63.9 cm³/mol. The van der Waals surface area contributed by atoms with Crippen LogP contribution in [-0.4, -0.2) is 44.7 Å². The summed E-state index contributed by atoms with van der Waals surface area (Å²) in [5.41, 5.74) is 0. The third-order valence-electron chi connectivity index (χ3n) is 1.64. The van der Waals surface area contributed by atoms with Crippen molar-refractivity contribution in [3.8, 4) is 0 Å². The van der Waals surface area contributed by atoms with Gasteiger partial charge in [-0.05, 0) is 12.7 Å².